The van der Waals surface area contributed by atoms with Gasteiger partial charge in [0.05, 0.1) is 11.8 Å². The van der Waals surface area contributed by atoms with Crippen molar-refractivity contribution in [3.05, 3.63) is 24.0 Å². The van der Waals surface area contributed by atoms with Crippen LogP contribution in [-0.4, -0.2) is 30.3 Å². The molecule has 1 aromatic rings. The molecule has 1 rings (SSSR count). The highest BCUT2D eigenvalue weighted by molar-refractivity contribution is 5.43. The summed E-state index contributed by atoms with van der Waals surface area (Å²) in [5.41, 5.74) is 2.23. The zero-order chi connectivity index (χ0) is 13.6. The van der Waals surface area contributed by atoms with Crippen molar-refractivity contribution in [1.29, 1.82) is 0 Å². The van der Waals surface area contributed by atoms with Crippen LogP contribution in [0.5, 0.6) is 0 Å². The number of aromatic nitrogens is 1. The summed E-state index contributed by atoms with van der Waals surface area (Å²) in [5.74, 6) is 0. The van der Waals surface area contributed by atoms with Crippen LogP contribution >= 0.6 is 0 Å². The van der Waals surface area contributed by atoms with Gasteiger partial charge in [-0.05, 0) is 39.8 Å². The molecule has 0 fully saturated rings. The van der Waals surface area contributed by atoms with Crippen molar-refractivity contribution >= 4 is 5.69 Å². The number of nitrogens with one attached hydrogen (secondary N) is 2. The Balaban J connectivity index is 2.51. The lowest BCUT2D eigenvalue weighted by atomic mass is 10.1. The first kappa shape index (κ1) is 14.9. The lowest BCUT2D eigenvalue weighted by Gasteiger charge is -2.20. The number of pyridine rings is 1. The van der Waals surface area contributed by atoms with Crippen LogP contribution in [0.2, 0.25) is 0 Å². The van der Waals surface area contributed by atoms with Crippen molar-refractivity contribution in [2.24, 2.45) is 0 Å². The van der Waals surface area contributed by atoms with E-state index in [0.29, 0.717) is 0 Å². The summed E-state index contributed by atoms with van der Waals surface area (Å²) >= 11 is 0. The van der Waals surface area contributed by atoms with E-state index >= 15 is 0 Å². The second-order valence-corrected chi connectivity index (χ2v) is 5.57. The Labute approximate surface area is 110 Å². The van der Waals surface area contributed by atoms with Crippen LogP contribution in [0.15, 0.2) is 18.3 Å². The normalized spacial score (nSPS) is 13.4. The van der Waals surface area contributed by atoms with E-state index in [-0.39, 0.29) is 11.6 Å². The number of nitrogens with zero attached hydrogens (tertiary/aromatic N) is 1. The standard InChI is InChI=1S/C14H25N3O/c1-11(18-5)9-16-12-6-7-15-13(8-12)10-17-14(2,3)4/h6-8,11,17H,9-10H2,1-5H3,(H,15,16). The average molecular weight is 251 g/mol. The van der Waals surface area contributed by atoms with Gasteiger partial charge in [0.25, 0.3) is 0 Å². The SMILES string of the molecule is COC(C)CNc1ccnc(CNC(C)(C)C)c1. The van der Waals surface area contributed by atoms with Crippen molar-refractivity contribution in [2.75, 3.05) is 19.0 Å². The smallest absolute Gasteiger partial charge is 0.0715 e. The summed E-state index contributed by atoms with van der Waals surface area (Å²) in [6, 6.07) is 4.05. The van der Waals surface area contributed by atoms with Gasteiger partial charge in [0.1, 0.15) is 0 Å². The van der Waals surface area contributed by atoms with Crippen LogP contribution in [-0.2, 0) is 11.3 Å². The minimum atomic E-state index is 0.107. The first-order valence-corrected chi connectivity index (χ1v) is 6.37. The second-order valence-electron chi connectivity index (χ2n) is 5.57. The minimum absolute atomic E-state index is 0.107. The van der Waals surface area contributed by atoms with Gasteiger partial charge in [0.2, 0.25) is 0 Å². The molecule has 0 aliphatic heterocycles. The summed E-state index contributed by atoms with van der Waals surface area (Å²) < 4.78 is 5.20. The summed E-state index contributed by atoms with van der Waals surface area (Å²) in [7, 11) is 1.72. The van der Waals surface area contributed by atoms with Crippen molar-refractivity contribution in [2.45, 2.75) is 45.9 Å². The van der Waals surface area contributed by atoms with E-state index in [1.54, 1.807) is 7.11 Å². The molecule has 0 radical (unpaired) electrons. The fourth-order valence-electron chi connectivity index (χ4n) is 1.39. The lowest BCUT2D eigenvalue weighted by Crippen LogP contribution is -2.35. The van der Waals surface area contributed by atoms with Gasteiger partial charge < -0.3 is 15.4 Å². The van der Waals surface area contributed by atoms with E-state index in [4.69, 9.17) is 4.74 Å². The molecule has 0 amide bonds. The third kappa shape index (κ3) is 5.98. The highest BCUT2D eigenvalue weighted by atomic mass is 16.5. The summed E-state index contributed by atoms with van der Waals surface area (Å²) in [4.78, 5) is 4.36. The Morgan fingerprint density at radius 3 is 2.72 bits per heavy atom. The molecule has 0 aliphatic rings. The maximum Gasteiger partial charge on any atom is 0.0715 e. The molecule has 0 saturated carbocycles. The fraction of sp³-hybridized carbons (Fsp3) is 0.643. The predicted octanol–water partition coefficient (Wildman–Crippen LogP) is 2.42. The third-order valence-corrected chi connectivity index (χ3v) is 2.61. The highest BCUT2D eigenvalue weighted by Gasteiger charge is 2.09. The van der Waals surface area contributed by atoms with Crippen LogP contribution in [0.25, 0.3) is 0 Å². The molecule has 102 valence electrons. The van der Waals surface area contributed by atoms with Gasteiger partial charge >= 0.3 is 0 Å². The van der Waals surface area contributed by atoms with Gasteiger partial charge in [-0.1, -0.05) is 0 Å². The molecular weight excluding hydrogens is 226 g/mol. The van der Waals surface area contributed by atoms with Crippen molar-refractivity contribution in [1.82, 2.24) is 10.3 Å². The van der Waals surface area contributed by atoms with Gasteiger partial charge in [-0.2, -0.15) is 0 Å². The van der Waals surface area contributed by atoms with E-state index in [2.05, 4.69) is 42.5 Å². The molecule has 1 atom stereocenters. The first-order valence-electron chi connectivity index (χ1n) is 6.37. The van der Waals surface area contributed by atoms with Crippen LogP contribution in [0.4, 0.5) is 5.69 Å². The fourth-order valence-corrected chi connectivity index (χ4v) is 1.39. The Hall–Kier alpha value is -1.13. The molecule has 2 N–H and O–H groups in total. The van der Waals surface area contributed by atoms with Crippen LogP contribution < -0.4 is 10.6 Å². The number of hydrogen-bond acceptors (Lipinski definition) is 4. The molecule has 0 aromatic carbocycles. The van der Waals surface area contributed by atoms with Gasteiger partial charge in [0.15, 0.2) is 0 Å². The third-order valence-electron chi connectivity index (χ3n) is 2.61. The maximum atomic E-state index is 5.20. The molecule has 0 aliphatic carbocycles. The van der Waals surface area contributed by atoms with E-state index in [1.807, 2.05) is 19.2 Å². The largest absolute Gasteiger partial charge is 0.382 e. The van der Waals surface area contributed by atoms with E-state index in [0.717, 1.165) is 24.5 Å². The number of hydrogen-bond donors (Lipinski definition) is 2. The van der Waals surface area contributed by atoms with Crippen molar-refractivity contribution < 1.29 is 4.74 Å². The molecule has 18 heavy (non-hydrogen) atoms. The van der Waals surface area contributed by atoms with Crippen LogP contribution in [0.1, 0.15) is 33.4 Å². The minimum Gasteiger partial charge on any atom is -0.382 e. The van der Waals surface area contributed by atoms with Gasteiger partial charge in [-0.15, -0.1) is 0 Å². The Bertz CT molecular complexity index is 360. The predicted molar refractivity (Wildman–Crippen MR) is 75.8 cm³/mol. The summed E-state index contributed by atoms with van der Waals surface area (Å²) in [5, 5.41) is 6.77. The zero-order valence-electron chi connectivity index (χ0n) is 12.1. The summed E-state index contributed by atoms with van der Waals surface area (Å²) in [6.07, 6.45) is 2.04. The average Bonchev–Trinajstić information content (AvgIpc) is 2.33. The van der Waals surface area contributed by atoms with Crippen LogP contribution in [0, 0.1) is 0 Å². The molecular formula is C14H25N3O. The molecule has 4 nitrogen and oxygen atoms in total. The molecule has 1 unspecified atom stereocenters. The van der Waals surface area contributed by atoms with E-state index in [1.165, 1.54) is 0 Å². The maximum absolute atomic E-state index is 5.20. The number of rotatable bonds is 6. The molecule has 1 heterocycles. The molecule has 4 heteroatoms. The van der Waals surface area contributed by atoms with Gasteiger partial charge in [0, 0.05) is 37.6 Å². The molecule has 0 spiro atoms. The monoisotopic (exact) mass is 251 g/mol. The first-order chi connectivity index (χ1) is 8.40. The zero-order valence-corrected chi connectivity index (χ0v) is 12.1. The Morgan fingerprint density at radius 1 is 1.39 bits per heavy atom. The molecule has 0 saturated heterocycles. The Kier molecular flexibility index (Phi) is 5.56. The Morgan fingerprint density at radius 2 is 2.11 bits per heavy atom. The lowest BCUT2D eigenvalue weighted by molar-refractivity contribution is 0.129. The topological polar surface area (TPSA) is 46.2 Å². The summed E-state index contributed by atoms with van der Waals surface area (Å²) in [6.45, 7) is 10.1. The molecule has 0 bridgehead atoms. The van der Waals surface area contributed by atoms with E-state index < -0.39 is 0 Å². The van der Waals surface area contributed by atoms with Gasteiger partial charge in [-0.3, -0.25) is 4.98 Å². The van der Waals surface area contributed by atoms with Crippen LogP contribution in [0.3, 0.4) is 0 Å². The molecule has 1 aromatic heterocycles. The number of ether oxygens (including phenoxy) is 1. The van der Waals surface area contributed by atoms with Crippen molar-refractivity contribution in [3.8, 4) is 0 Å². The van der Waals surface area contributed by atoms with Gasteiger partial charge in [-0.25, -0.2) is 0 Å². The number of methoxy groups -OCH3 is 1. The highest BCUT2D eigenvalue weighted by Crippen LogP contribution is 2.09. The quantitative estimate of drug-likeness (QED) is 0.815. The second kappa shape index (κ2) is 6.71. The number of anilines is 1. The van der Waals surface area contributed by atoms with E-state index in [9.17, 15) is 0 Å². The van der Waals surface area contributed by atoms with Crippen molar-refractivity contribution in [3.63, 3.8) is 0 Å².